The third kappa shape index (κ3) is 4.50. The number of aromatic nitrogens is 1. The van der Waals surface area contributed by atoms with Crippen LogP contribution in [0.15, 0.2) is 59.9 Å². The van der Waals surface area contributed by atoms with Crippen LogP contribution >= 0.6 is 11.6 Å². The molecule has 0 aliphatic carbocycles. The maximum absolute atomic E-state index is 13.7. The molecular formula is C25H28ClN5O3. The zero-order valence-electron chi connectivity index (χ0n) is 19.4. The first-order valence-electron chi connectivity index (χ1n) is 11.3. The first kappa shape index (κ1) is 23.8. The molecule has 0 fully saturated rings. The number of carbonyl (C=O) groups excluding carboxylic acids is 3. The Kier molecular flexibility index (Phi) is 6.88. The Morgan fingerprint density at radius 3 is 2.62 bits per heavy atom. The molecule has 0 radical (unpaired) electrons. The number of halogens is 1. The summed E-state index contributed by atoms with van der Waals surface area (Å²) in [6.45, 7) is 4.41. The lowest BCUT2D eigenvalue weighted by molar-refractivity contribution is -0.138. The van der Waals surface area contributed by atoms with Crippen molar-refractivity contribution in [3.05, 3.63) is 76.2 Å². The average Bonchev–Trinajstić information content (AvgIpc) is 3.14. The van der Waals surface area contributed by atoms with Crippen molar-refractivity contribution in [3.8, 4) is 0 Å². The van der Waals surface area contributed by atoms with E-state index in [1.807, 2.05) is 38.1 Å². The normalized spacial score (nSPS) is 18.8. The van der Waals surface area contributed by atoms with Crippen LogP contribution in [0.25, 0.3) is 0 Å². The second-order valence-corrected chi connectivity index (χ2v) is 9.21. The molecule has 0 spiro atoms. The Bertz CT molecular complexity index is 1130. The van der Waals surface area contributed by atoms with Crippen LogP contribution in [-0.4, -0.2) is 58.8 Å². The number of benzene rings is 1. The molecule has 2 aliphatic rings. The summed E-state index contributed by atoms with van der Waals surface area (Å²) in [6, 6.07) is 11.1. The zero-order valence-corrected chi connectivity index (χ0v) is 20.2. The van der Waals surface area contributed by atoms with Crippen LogP contribution in [0.1, 0.15) is 31.1 Å². The van der Waals surface area contributed by atoms with Crippen molar-refractivity contribution in [3.63, 3.8) is 0 Å². The number of pyridine rings is 1. The standard InChI is InChI=1S/C25H28ClN5O3/c1-15(2)22(23(32)28-13-11-16-8-6-7-12-27-16)31-14-19-20(24(31)33)21(29-25(34)30(19)3)17-9-4-5-10-18(17)26/h4-10,12,15,21-22H,11,13-14H2,1-3H3,(H,28,32)(H,29,34). The molecule has 2 aromatic rings. The summed E-state index contributed by atoms with van der Waals surface area (Å²) >= 11 is 6.41. The minimum absolute atomic E-state index is 0.132. The second kappa shape index (κ2) is 9.85. The van der Waals surface area contributed by atoms with Gasteiger partial charge in [0.25, 0.3) is 5.91 Å². The van der Waals surface area contributed by atoms with Gasteiger partial charge in [0, 0.05) is 36.9 Å². The van der Waals surface area contributed by atoms with E-state index in [1.54, 1.807) is 36.3 Å². The number of nitrogens with one attached hydrogen (secondary N) is 2. The number of amides is 4. The van der Waals surface area contributed by atoms with Gasteiger partial charge in [-0.3, -0.25) is 19.5 Å². The summed E-state index contributed by atoms with van der Waals surface area (Å²) in [6.07, 6.45) is 2.31. The molecule has 2 aliphatic heterocycles. The Hall–Kier alpha value is -3.39. The van der Waals surface area contributed by atoms with Gasteiger partial charge in [-0.05, 0) is 29.7 Å². The van der Waals surface area contributed by atoms with Crippen LogP contribution in [0.5, 0.6) is 0 Å². The van der Waals surface area contributed by atoms with Gasteiger partial charge in [-0.1, -0.05) is 49.7 Å². The molecule has 178 valence electrons. The van der Waals surface area contributed by atoms with E-state index in [2.05, 4.69) is 15.6 Å². The molecule has 1 aromatic carbocycles. The van der Waals surface area contributed by atoms with Crippen molar-refractivity contribution in [1.29, 1.82) is 0 Å². The molecule has 2 N–H and O–H groups in total. The third-order valence-electron chi connectivity index (χ3n) is 6.25. The van der Waals surface area contributed by atoms with Crippen LogP contribution in [0.3, 0.4) is 0 Å². The lowest BCUT2D eigenvalue weighted by Crippen LogP contribution is -2.51. The van der Waals surface area contributed by atoms with Gasteiger partial charge >= 0.3 is 6.03 Å². The smallest absolute Gasteiger partial charge is 0.322 e. The molecule has 4 amide bonds. The molecule has 0 saturated carbocycles. The Labute approximate surface area is 204 Å². The first-order chi connectivity index (χ1) is 16.3. The van der Waals surface area contributed by atoms with Crippen LogP contribution in [0.4, 0.5) is 4.79 Å². The minimum atomic E-state index is -0.683. The average molecular weight is 482 g/mol. The lowest BCUT2D eigenvalue weighted by Gasteiger charge is -2.31. The van der Waals surface area contributed by atoms with Crippen molar-refractivity contribution in [2.45, 2.75) is 32.4 Å². The Balaban J connectivity index is 1.56. The minimum Gasteiger partial charge on any atom is -0.354 e. The molecule has 34 heavy (non-hydrogen) atoms. The van der Waals surface area contributed by atoms with Crippen molar-refractivity contribution >= 4 is 29.4 Å². The number of hydrogen-bond donors (Lipinski definition) is 2. The molecule has 2 unspecified atom stereocenters. The maximum atomic E-state index is 13.7. The molecule has 8 nitrogen and oxygen atoms in total. The van der Waals surface area contributed by atoms with Crippen molar-refractivity contribution in [1.82, 2.24) is 25.4 Å². The number of hydrogen-bond acceptors (Lipinski definition) is 4. The monoisotopic (exact) mass is 481 g/mol. The molecular weight excluding hydrogens is 454 g/mol. The SMILES string of the molecule is CC(C)C(C(=O)NCCc1ccccn1)N1CC2=C(C1=O)C(c1ccccc1Cl)NC(=O)N2C. The Morgan fingerprint density at radius 2 is 1.94 bits per heavy atom. The highest BCUT2D eigenvalue weighted by Gasteiger charge is 2.47. The zero-order chi connectivity index (χ0) is 24.4. The van der Waals surface area contributed by atoms with Crippen LogP contribution in [0.2, 0.25) is 5.02 Å². The predicted octanol–water partition coefficient (Wildman–Crippen LogP) is 2.91. The van der Waals surface area contributed by atoms with Crippen molar-refractivity contribution in [2.75, 3.05) is 20.1 Å². The number of likely N-dealkylation sites (N-methyl/N-ethyl adjacent to an activating group) is 1. The quantitative estimate of drug-likeness (QED) is 0.635. The molecule has 1 aromatic heterocycles. The molecule has 3 heterocycles. The molecule has 9 heteroatoms. The van der Waals surface area contributed by atoms with Gasteiger partial charge in [0.05, 0.1) is 23.9 Å². The Morgan fingerprint density at radius 1 is 1.21 bits per heavy atom. The van der Waals surface area contributed by atoms with Gasteiger partial charge in [-0.25, -0.2) is 4.79 Å². The summed E-state index contributed by atoms with van der Waals surface area (Å²) in [5.74, 6) is -0.631. The van der Waals surface area contributed by atoms with Gasteiger partial charge < -0.3 is 15.5 Å². The summed E-state index contributed by atoms with van der Waals surface area (Å²) in [5.41, 5.74) is 2.56. The highest BCUT2D eigenvalue weighted by Crippen LogP contribution is 2.39. The van der Waals surface area contributed by atoms with Gasteiger partial charge in [0.2, 0.25) is 5.91 Å². The molecule has 0 saturated heterocycles. The largest absolute Gasteiger partial charge is 0.354 e. The summed E-state index contributed by atoms with van der Waals surface area (Å²) in [5, 5.41) is 6.30. The summed E-state index contributed by atoms with van der Waals surface area (Å²) in [4.78, 5) is 46.9. The highest BCUT2D eigenvalue weighted by atomic mass is 35.5. The van der Waals surface area contributed by atoms with Gasteiger partial charge in [-0.15, -0.1) is 0 Å². The highest BCUT2D eigenvalue weighted by molar-refractivity contribution is 6.31. The van der Waals surface area contributed by atoms with Crippen LogP contribution in [0, 0.1) is 5.92 Å². The number of nitrogens with zero attached hydrogens (tertiary/aromatic N) is 3. The number of urea groups is 1. The maximum Gasteiger partial charge on any atom is 0.322 e. The fraction of sp³-hybridized carbons (Fsp3) is 0.360. The van der Waals surface area contributed by atoms with E-state index in [0.717, 1.165) is 5.69 Å². The van der Waals surface area contributed by atoms with E-state index in [4.69, 9.17) is 11.6 Å². The van der Waals surface area contributed by atoms with Gasteiger partial charge in [-0.2, -0.15) is 0 Å². The molecule has 0 bridgehead atoms. The van der Waals surface area contributed by atoms with Crippen LogP contribution < -0.4 is 10.6 Å². The van der Waals surface area contributed by atoms with Gasteiger partial charge in [0.1, 0.15) is 6.04 Å². The van der Waals surface area contributed by atoms with E-state index in [-0.39, 0.29) is 30.3 Å². The summed E-state index contributed by atoms with van der Waals surface area (Å²) in [7, 11) is 1.63. The summed E-state index contributed by atoms with van der Waals surface area (Å²) < 4.78 is 0. The first-order valence-corrected chi connectivity index (χ1v) is 11.7. The third-order valence-corrected chi connectivity index (χ3v) is 6.59. The van der Waals surface area contributed by atoms with E-state index in [0.29, 0.717) is 34.8 Å². The van der Waals surface area contributed by atoms with Gasteiger partial charge in [0.15, 0.2) is 0 Å². The van der Waals surface area contributed by atoms with Crippen molar-refractivity contribution in [2.24, 2.45) is 5.92 Å². The van der Waals surface area contributed by atoms with E-state index in [9.17, 15) is 14.4 Å². The molecule has 2 atom stereocenters. The lowest BCUT2D eigenvalue weighted by atomic mass is 9.95. The van der Waals surface area contributed by atoms with Crippen LogP contribution in [-0.2, 0) is 16.0 Å². The number of carbonyl (C=O) groups is 3. The fourth-order valence-corrected chi connectivity index (χ4v) is 4.77. The fourth-order valence-electron chi connectivity index (χ4n) is 4.52. The van der Waals surface area contributed by atoms with Crippen molar-refractivity contribution < 1.29 is 14.4 Å². The van der Waals surface area contributed by atoms with E-state index < -0.39 is 12.1 Å². The molecule has 4 rings (SSSR count). The van der Waals surface area contributed by atoms with E-state index >= 15 is 0 Å². The topological polar surface area (TPSA) is 94.6 Å². The number of rotatable bonds is 7. The predicted molar refractivity (Wildman–Crippen MR) is 129 cm³/mol. The van der Waals surface area contributed by atoms with E-state index in [1.165, 1.54) is 4.90 Å². The second-order valence-electron chi connectivity index (χ2n) is 8.81.